The van der Waals surface area contributed by atoms with Crippen LogP contribution in [0.1, 0.15) is 22.8 Å². The van der Waals surface area contributed by atoms with Crippen molar-refractivity contribution < 1.29 is 18.3 Å². The van der Waals surface area contributed by atoms with Gasteiger partial charge in [-0.05, 0) is 18.6 Å². The molecule has 7 nitrogen and oxygen atoms in total. The summed E-state index contributed by atoms with van der Waals surface area (Å²) in [7, 11) is -3.05. The molecule has 1 atom stereocenters. The topological polar surface area (TPSA) is 102 Å². The van der Waals surface area contributed by atoms with Crippen LogP contribution in [0.4, 0.5) is 0 Å². The largest absolute Gasteiger partial charge is 0.478 e. The summed E-state index contributed by atoms with van der Waals surface area (Å²) < 4.78 is 24.5. The summed E-state index contributed by atoms with van der Waals surface area (Å²) in [6, 6.07) is 3.11. The lowest BCUT2D eigenvalue weighted by molar-refractivity contribution is 0.0697. The van der Waals surface area contributed by atoms with Gasteiger partial charge in [0.2, 0.25) is 0 Å². The van der Waals surface area contributed by atoms with Crippen LogP contribution in [0.2, 0.25) is 0 Å². The second-order valence-electron chi connectivity index (χ2n) is 4.98. The first kappa shape index (κ1) is 13.7. The number of carboxylic acids is 1. The lowest BCUT2D eigenvalue weighted by Gasteiger charge is -2.07. The van der Waals surface area contributed by atoms with Crippen molar-refractivity contribution in [2.75, 3.05) is 11.5 Å². The van der Waals surface area contributed by atoms with Crippen LogP contribution in [0, 0.1) is 0 Å². The second kappa shape index (κ2) is 4.96. The predicted octanol–water partition coefficient (Wildman–Crippen LogP) is 1.00. The Kier molecular flexibility index (Phi) is 3.25. The number of nitrogens with zero attached hydrogens (tertiary/aromatic N) is 3. The lowest BCUT2D eigenvalue weighted by Crippen LogP contribution is -2.11. The number of aromatic carboxylic acids is 1. The molecule has 1 unspecified atom stereocenters. The van der Waals surface area contributed by atoms with Gasteiger partial charge >= 0.3 is 5.97 Å². The van der Waals surface area contributed by atoms with Gasteiger partial charge in [-0.2, -0.15) is 5.10 Å². The van der Waals surface area contributed by atoms with E-state index in [-0.39, 0.29) is 23.1 Å². The average Bonchev–Trinajstić information content (AvgIpc) is 3.03. The summed E-state index contributed by atoms with van der Waals surface area (Å²) in [4.78, 5) is 15.3. The summed E-state index contributed by atoms with van der Waals surface area (Å²) in [6.07, 6.45) is 4.97. The number of rotatable bonds is 3. The molecule has 0 aliphatic carbocycles. The molecule has 8 heteroatoms. The van der Waals surface area contributed by atoms with Crippen LogP contribution in [0.25, 0.3) is 11.3 Å². The van der Waals surface area contributed by atoms with Crippen molar-refractivity contribution in [1.82, 2.24) is 14.8 Å². The molecule has 2 aromatic rings. The number of pyridine rings is 1. The number of hydrogen-bond acceptors (Lipinski definition) is 5. The van der Waals surface area contributed by atoms with Gasteiger partial charge in [0.25, 0.3) is 0 Å². The van der Waals surface area contributed by atoms with Crippen LogP contribution in [-0.2, 0) is 9.84 Å². The summed E-state index contributed by atoms with van der Waals surface area (Å²) in [5.41, 5.74) is 0.946. The van der Waals surface area contributed by atoms with Gasteiger partial charge in [0.1, 0.15) is 11.3 Å². The maximum Gasteiger partial charge on any atom is 0.339 e. The summed E-state index contributed by atoms with van der Waals surface area (Å²) in [6.45, 7) is 0. The van der Waals surface area contributed by atoms with Gasteiger partial charge in [-0.1, -0.05) is 0 Å². The minimum atomic E-state index is -3.05. The van der Waals surface area contributed by atoms with Crippen molar-refractivity contribution in [3.63, 3.8) is 0 Å². The highest BCUT2D eigenvalue weighted by Crippen LogP contribution is 2.27. The van der Waals surface area contributed by atoms with Crippen molar-refractivity contribution >= 4 is 15.8 Å². The van der Waals surface area contributed by atoms with E-state index in [2.05, 4.69) is 10.1 Å². The van der Waals surface area contributed by atoms with E-state index in [0.717, 1.165) is 0 Å². The highest BCUT2D eigenvalue weighted by molar-refractivity contribution is 7.91. The molecule has 3 heterocycles. The smallest absolute Gasteiger partial charge is 0.339 e. The lowest BCUT2D eigenvalue weighted by atomic mass is 10.1. The van der Waals surface area contributed by atoms with E-state index in [0.29, 0.717) is 17.7 Å². The first-order valence-electron chi connectivity index (χ1n) is 6.39. The highest BCUT2D eigenvalue weighted by Gasteiger charge is 2.31. The molecule has 2 aromatic heterocycles. The monoisotopic (exact) mass is 307 g/mol. The maximum atomic E-state index is 11.5. The van der Waals surface area contributed by atoms with Gasteiger partial charge in [-0.3, -0.25) is 9.67 Å². The van der Waals surface area contributed by atoms with Gasteiger partial charge < -0.3 is 5.11 Å². The molecule has 110 valence electrons. The Labute approximate surface area is 121 Å². The van der Waals surface area contributed by atoms with Crippen molar-refractivity contribution in [2.24, 2.45) is 0 Å². The zero-order valence-electron chi connectivity index (χ0n) is 11.0. The number of aromatic nitrogens is 3. The van der Waals surface area contributed by atoms with Crippen LogP contribution in [0.5, 0.6) is 0 Å². The predicted molar refractivity (Wildman–Crippen MR) is 74.7 cm³/mol. The Morgan fingerprint density at radius 3 is 2.81 bits per heavy atom. The minimum Gasteiger partial charge on any atom is -0.478 e. The van der Waals surface area contributed by atoms with E-state index >= 15 is 0 Å². The van der Waals surface area contributed by atoms with E-state index in [1.807, 2.05) is 0 Å². The van der Waals surface area contributed by atoms with Gasteiger partial charge in [-0.15, -0.1) is 0 Å². The Hall–Kier alpha value is -2.22. The van der Waals surface area contributed by atoms with E-state index in [4.69, 9.17) is 0 Å². The number of sulfone groups is 1. The highest BCUT2D eigenvalue weighted by atomic mass is 32.2. The normalized spacial score (nSPS) is 20.5. The third kappa shape index (κ3) is 2.66. The molecular weight excluding hydrogens is 294 g/mol. The average molecular weight is 307 g/mol. The summed E-state index contributed by atoms with van der Waals surface area (Å²) >= 11 is 0. The first-order chi connectivity index (χ1) is 9.96. The fourth-order valence-corrected chi connectivity index (χ4v) is 4.14. The minimum absolute atomic E-state index is 0.000217. The quantitative estimate of drug-likeness (QED) is 0.907. The molecule has 0 spiro atoms. The van der Waals surface area contributed by atoms with E-state index in [9.17, 15) is 18.3 Å². The molecule has 0 radical (unpaired) electrons. The number of carbonyl (C=O) groups is 1. The van der Waals surface area contributed by atoms with Crippen molar-refractivity contribution in [1.29, 1.82) is 0 Å². The molecule has 21 heavy (non-hydrogen) atoms. The standard InChI is InChI=1S/C13H13N3O4S/c17-13(18)11-7-16(10-3-5-21(19,20)8-10)15-12(11)9-2-1-4-14-6-9/h1-2,4,6-7,10H,3,5,8H2,(H,17,18). The molecule has 3 rings (SSSR count). The van der Waals surface area contributed by atoms with Crippen molar-refractivity contribution in [3.05, 3.63) is 36.3 Å². The van der Waals surface area contributed by atoms with Crippen LogP contribution < -0.4 is 0 Å². The maximum absolute atomic E-state index is 11.5. The second-order valence-corrected chi connectivity index (χ2v) is 7.20. The fraction of sp³-hybridized carbons (Fsp3) is 0.308. The molecule has 0 saturated carbocycles. The molecule has 0 bridgehead atoms. The van der Waals surface area contributed by atoms with Crippen LogP contribution in [-0.4, -0.2) is 45.8 Å². The molecule has 1 aliphatic rings. The number of carboxylic acid groups (broad SMARTS) is 1. The Bertz CT molecular complexity index is 783. The SMILES string of the molecule is O=C(O)c1cn(C2CCS(=O)(=O)C2)nc1-c1cccnc1. The Morgan fingerprint density at radius 2 is 2.24 bits per heavy atom. The van der Waals surface area contributed by atoms with Gasteiger partial charge in [0.15, 0.2) is 9.84 Å². The van der Waals surface area contributed by atoms with Gasteiger partial charge in [0, 0.05) is 24.2 Å². The molecule has 1 fully saturated rings. The summed E-state index contributed by atoms with van der Waals surface area (Å²) in [5, 5.41) is 13.6. The van der Waals surface area contributed by atoms with E-state index in [1.165, 1.54) is 17.1 Å². The molecule has 1 N–H and O–H groups in total. The Morgan fingerprint density at radius 1 is 1.43 bits per heavy atom. The molecule has 1 aliphatic heterocycles. The van der Waals surface area contributed by atoms with E-state index in [1.54, 1.807) is 18.3 Å². The van der Waals surface area contributed by atoms with Gasteiger partial charge in [0.05, 0.1) is 17.5 Å². The zero-order chi connectivity index (χ0) is 15.0. The van der Waals surface area contributed by atoms with Crippen LogP contribution >= 0.6 is 0 Å². The summed E-state index contributed by atoms with van der Waals surface area (Å²) in [5.74, 6) is -0.983. The molecule has 0 aromatic carbocycles. The van der Waals surface area contributed by atoms with Crippen molar-refractivity contribution in [2.45, 2.75) is 12.5 Å². The van der Waals surface area contributed by atoms with Crippen LogP contribution in [0.3, 0.4) is 0 Å². The first-order valence-corrected chi connectivity index (χ1v) is 8.22. The Balaban J connectivity index is 2.04. The third-order valence-electron chi connectivity index (χ3n) is 3.48. The van der Waals surface area contributed by atoms with Crippen LogP contribution in [0.15, 0.2) is 30.7 Å². The zero-order valence-corrected chi connectivity index (χ0v) is 11.8. The van der Waals surface area contributed by atoms with Crippen molar-refractivity contribution in [3.8, 4) is 11.3 Å². The third-order valence-corrected chi connectivity index (χ3v) is 5.23. The van der Waals surface area contributed by atoms with Gasteiger partial charge in [-0.25, -0.2) is 13.2 Å². The van der Waals surface area contributed by atoms with E-state index < -0.39 is 15.8 Å². The molecular formula is C13H13N3O4S. The molecule has 1 saturated heterocycles. The molecule has 0 amide bonds. The fourth-order valence-electron chi connectivity index (χ4n) is 2.44. The number of hydrogen-bond donors (Lipinski definition) is 1.